The van der Waals surface area contributed by atoms with Crippen LogP contribution in [0.1, 0.15) is 27.7 Å². The van der Waals surface area contributed by atoms with Crippen LogP contribution in [0.15, 0.2) is 0 Å². The molecule has 0 fully saturated rings. The van der Waals surface area contributed by atoms with E-state index >= 15 is 0 Å². The largest absolute Gasteiger partial charge is 0.392 e. The fraction of sp³-hybridized carbons (Fsp3) is 0.500. The van der Waals surface area contributed by atoms with Crippen LogP contribution in [0.25, 0.3) is 0 Å². The van der Waals surface area contributed by atoms with E-state index in [9.17, 15) is 24.0 Å². The summed E-state index contributed by atoms with van der Waals surface area (Å²) < 4.78 is 4.16. The molecule has 0 atom stereocenters. The molecule has 0 saturated carbocycles. The van der Waals surface area contributed by atoms with Gasteiger partial charge in [0.2, 0.25) is 5.41 Å². The quantitative estimate of drug-likeness (QED) is 0.527. The van der Waals surface area contributed by atoms with Gasteiger partial charge >= 0.3 is 11.9 Å². The van der Waals surface area contributed by atoms with Crippen molar-refractivity contribution in [1.82, 2.24) is 0 Å². The third-order valence-corrected chi connectivity index (χ3v) is 2.13. The smallest absolute Gasteiger partial charge is 0.342 e. The van der Waals surface area contributed by atoms with Gasteiger partial charge in [0.05, 0.1) is 0 Å². The number of ether oxygens (including phenoxy) is 1. The molecule has 0 amide bonds. The van der Waals surface area contributed by atoms with Gasteiger partial charge in [-0.05, 0) is 20.8 Å². The number of ketones is 3. The zero-order chi connectivity index (χ0) is 13.1. The van der Waals surface area contributed by atoms with Crippen LogP contribution in [-0.2, 0) is 54.9 Å². The van der Waals surface area contributed by atoms with Crippen molar-refractivity contribution in [2.45, 2.75) is 27.7 Å². The third kappa shape index (κ3) is 3.49. The maximum Gasteiger partial charge on any atom is 0.342 e. The monoisotopic (exact) mass is 318 g/mol. The molecule has 0 rings (SSSR count). The molecule has 0 bridgehead atoms. The molecule has 92 valence electrons. The predicted molar refractivity (Wildman–Crippen MR) is 51.2 cm³/mol. The number of carbonyl (C=O) groups excluding carboxylic acids is 5. The maximum absolute atomic E-state index is 11.5. The van der Waals surface area contributed by atoms with Gasteiger partial charge in [0, 0.05) is 33.1 Å². The first-order valence-corrected chi connectivity index (χ1v) is 4.43. The van der Waals surface area contributed by atoms with Gasteiger partial charge in [0.25, 0.3) is 0 Å². The van der Waals surface area contributed by atoms with Crippen molar-refractivity contribution < 1.29 is 54.9 Å². The van der Waals surface area contributed by atoms with Gasteiger partial charge in [-0.3, -0.25) is 19.2 Å². The van der Waals surface area contributed by atoms with Crippen molar-refractivity contribution in [3.8, 4) is 0 Å². The summed E-state index contributed by atoms with van der Waals surface area (Å²) in [6.45, 7) is 3.70. The van der Waals surface area contributed by atoms with E-state index in [2.05, 4.69) is 4.74 Å². The van der Waals surface area contributed by atoms with Gasteiger partial charge < -0.3 is 4.74 Å². The van der Waals surface area contributed by atoms with Gasteiger partial charge in [0.15, 0.2) is 17.3 Å². The summed E-state index contributed by atoms with van der Waals surface area (Å²) in [4.78, 5) is 56.0. The van der Waals surface area contributed by atoms with Crippen molar-refractivity contribution in [3.05, 3.63) is 0 Å². The van der Waals surface area contributed by atoms with Crippen LogP contribution in [0, 0.1) is 5.41 Å². The minimum Gasteiger partial charge on any atom is -0.392 e. The molecule has 0 aromatic rings. The molecule has 17 heavy (non-hydrogen) atoms. The molecular weight excluding hydrogens is 307 g/mol. The molecule has 0 unspecified atom stereocenters. The minimum atomic E-state index is -2.51. The Bertz CT molecular complexity index is 348. The van der Waals surface area contributed by atoms with E-state index in [1.54, 1.807) is 0 Å². The molecule has 0 aliphatic rings. The fourth-order valence-corrected chi connectivity index (χ4v) is 1.38. The summed E-state index contributed by atoms with van der Waals surface area (Å²) in [7, 11) is 0. The van der Waals surface area contributed by atoms with E-state index in [4.69, 9.17) is 0 Å². The van der Waals surface area contributed by atoms with E-state index in [1.807, 2.05) is 0 Å². The zero-order valence-electron chi connectivity index (χ0n) is 9.95. The molecule has 0 heterocycles. The molecule has 7 heteroatoms. The summed E-state index contributed by atoms with van der Waals surface area (Å²) in [5.41, 5.74) is -2.51. The molecule has 0 radical (unpaired) electrons. The molecule has 0 aliphatic heterocycles. The second-order valence-corrected chi connectivity index (χ2v) is 3.30. The number of esters is 2. The normalized spacial score (nSPS) is 9.88. The molecule has 0 aromatic heterocycles. The Balaban J connectivity index is 0. The summed E-state index contributed by atoms with van der Waals surface area (Å²) >= 11 is 0. The minimum absolute atomic E-state index is 0. The molecular formula is C10H12O6Zr. The summed E-state index contributed by atoms with van der Waals surface area (Å²) in [6, 6.07) is 0. The molecule has 0 spiro atoms. The number of hydrogen-bond acceptors (Lipinski definition) is 6. The van der Waals surface area contributed by atoms with Gasteiger partial charge in [-0.1, -0.05) is 0 Å². The first kappa shape index (κ1) is 18.4. The number of Topliss-reactive ketones (excluding diaryl/α,β-unsaturated/α-hetero) is 3. The fourth-order valence-electron chi connectivity index (χ4n) is 1.38. The van der Waals surface area contributed by atoms with Crippen LogP contribution < -0.4 is 0 Å². The van der Waals surface area contributed by atoms with E-state index in [1.165, 1.54) is 0 Å². The average Bonchev–Trinajstić information content (AvgIpc) is 1.99. The Hall–Kier alpha value is -0.967. The Morgan fingerprint density at radius 2 is 1.06 bits per heavy atom. The van der Waals surface area contributed by atoms with Crippen molar-refractivity contribution >= 4 is 29.3 Å². The molecule has 6 nitrogen and oxygen atoms in total. The Morgan fingerprint density at radius 1 is 0.765 bits per heavy atom. The van der Waals surface area contributed by atoms with Crippen LogP contribution in [0.2, 0.25) is 0 Å². The molecule has 0 saturated heterocycles. The second-order valence-electron chi connectivity index (χ2n) is 3.30. The summed E-state index contributed by atoms with van der Waals surface area (Å²) in [6.07, 6.45) is 0. The number of rotatable bonds is 4. The Morgan fingerprint density at radius 3 is 1.24 bits per heavy atom. The van der Waals surface area contributed by atoms with E-state index < -0.39 is 34.7 Å². The van der Waals surface area contributed by atoms with Crippen molar-refractivity contribution in [2.75, 3.05) is 0 Å². The molecule has 0 N–H and O–H groups in total. The average molecular weight is 319 g/mol. The maximum atomic E-state index is 11.5. The van der Waals surface area contributed by atoms with Gasteiger partial charge in [-0.15, -0.1) is 0 Å². The molecule has 0 aliphatic carbocycles. The summed E-state index contributed by atoms with van der Waals surface area (Å²) in [5.74, 6) is -5.30. The van der Waals surface area contributed by atoms with Crippen LogP contribution in [0.3, 0.4) is 0 Å². The zero-order valence-corrected chi connectivity index (χ0v) is 12.4. The van der Waals surface area contributed by atoms with E-state index in [-0.39, 0.29) is 26.2 Å². The SMILES string of the molecule is CC(=O)OC(=O)C(C(C)=O)(C(C)=O)C(C)=O.[Zr]. The Labute approximate surface area is 117 Å². The van der Waals surface area contributed by atoms with E-state index in [0.29, 0.717) is 0 Å². The topological polar surface area (TPSA) is 94.6 Å². The summed E-state index contributed by atoms with van der Waals surface area (Å²) in [5, 5.41) is 0. The van der Waals surface area contributed by atoms with Gasteiger partial charge in [0.1, 0.15) is 0 Å². The third-order valence-electron chi connectivity index (χ3n) is 2.13. The Kier molecular flexibility index (Phi) is 7.24. The van der Waals surface area contributed by atoms with Crippen LogP contribution >= 0.6 is 0 Å². The van der Waals surface area contributed by atoms with Crippen LogP contribution in [-0.4, -0.2) is 29.3 Å². The first-order chi connectivity index (χ1) is 7.17. The van der Waals surface area contributed by atoms with Gasteiger partial charge in [-0.2, -0.15) is 0 Å². The van der Waals surface area contributed by atoms with Crippen LogP contribution in [0.5, 0.6) is 0 Å². The predicted octanol–water partition coefficient (Wildman–Crippen LogP) is -0.173. The first-order valence-electron chi connectivity index (χ1n) is 4.43. The van der Waals surface area contributed by atoms with E-state index in [0.717, 1.165) is 27.7 Å². The molecule has 0 aromatic carbocycles. The standard InChI is InChI=1S/C10H12O6.Zr/c1-5(11)10(6(2)12,7(3)13)9(15)16-8(4)14;/h1-4H3;. The number of hydrogen-bond donors (Lipinski definition) is 0. The van der Waals surface area contributed by atoms with Crippen molar-refractivity contribution in [1.29, 1.82) is 0 Å². The van der Waals surface area contributed by atoms with Gasteiger partial charge in [-0.25, -0.2) is 4.79 Å². The second kappa shape index (κ2) is 6.69. The van der Waals surface area contributed by atoms with Crippen molar-refractivity contribution in [3.63, 3.8) is 0 Å². The van der Waals surface area contributed by atoms with Crippen LogP contribution in [0.4, 0.5) is 0 Å². The van der Waals surface area contributed by atoms with Crippen molar-refractivity contribution in [2.24, 2.45) is 5.41 Å². The number of carbonyl (C=O) groups is 5.